The van der Waals surface area contributed by atoms with Gasteiger partial charge in [-0.25, -0.2) is 9.59 Å². The summed E-state index contributed by atoms with van der Waals surface area (Å²) in [6.45, 7) is 17.7. The van der Waals surface area contributed by atoms with Crippen molar-refractivity contribution in [3.63, 3.8) is 0 Å². The lowest BCUT2D eigenvalue weighted by molar-refractivity contribution is -0.209. The largest absolute Gasteiger partial charge is 0.460 e. The maximum absolute atomic E-state index is 12.6. The van der Waals surface area contributed by atoms with Gasteiger partial charge in [0.1, 0.15) is 17.8 Å². The zero-order valence-electron chi connectivity index (χ0n) is 23.5. The first-order valence-electron chi connectivity index (χ1n) is 14.3. The topological polar surface area (TPSA) is 105 Å². The van der Waals surface area contributed by atoms with Gasteiger partial charge in [-0.15, -0.1) is 0 Å². The normalized spacial score (nSPS) is 44.9. The van der Waals surface area contributed by atoms with Crippen molar-refractivity contribution in [2.24, 2.45) is 40.9 Å². The molecular weight excluding hydrogens is 470 g/mol. The second-order valence-electron chi connectivity index (χ2n) is 12.8. The Kier molecular flexibility index (Phi) is 7.89. The standard InChI is InChI=1S/C30H47NO6/c1-8-9-12-31-28(34)37-24-15-29(7)14-21-17(4)10-11-22-19(6)36-27(33)26(32)30(22,35)18(5)20(21)13-23(29)25(24)16(2)3/h10,16,19-26,32,35H,5,8-9,11-15H2,1-4,6-7H3,(H,31,34)/b17-10-. The zero-order chi connectivity index (χ0) is 27.3. The highest BCUT2D eigenvalue weighted by atomic mass is 16.6. The van der Waals surface area contributed by atoms with Gasteiger partial charge in [0.05, 0.1) is 0 Å². The Balaban J connectivity index is 1.66. The van der Waals surface area contributed by atoms with Crippen molar-refractivity contribution in [2.45, 2.75) is 104 Å². The van der Waals surface area contributed by atoms with Crippen LogP contribution in [0.2, 0.25) is 0 Å². The molecule has 0 spiro atoms. The van der Waals surface area contributed by atoms with Crippen LogP contribution in [0.4, 0.5) is 4.79 Å². The Bertz CT molecular complexity index is 944. The summed E-state index contributed by atoms with van der Waals surface area (Å²) in [7, 11) is 0. The fraction of sp³-hybridized carbons (Fsp3) is 0.800. The molecule has 0 aromatic carbocycles. The van der Waals surface area contributed by atoms with E-state index in [9.17, 15) is 19.8 Å². The highest BCUT2D eigenvalue weighted by Gasteiger charge is 2.62. The van der Waals surface area contributed by atoms with Gasteiger partial charge >= 0.3 is 12.1 Å². The summed E-state index contributed by atoms with van der Waals surface area (Å²) in [6, 6.07) is 0. The highest BCUT2D eigenvalue weighted by molar-refractivity contribution is 5.78. The number of aliphatic hydroxyl groups excluding tert-OH is 1. The maximum atomic E-state index is 12.6. The van der Waals surface area contributed by atoms with E-state index in [0.29, 0.717) is 24.5 Å². The number of allylic oxidation sites excluding steroid dienone is 2. The van der Waals surface area contributed by atoms with Gasteiger partial charge in [-0.2, -0.15) is 0 Å². The number of nitrogens with one attached hydrogen (secondary N) is 1. The Morgan fingerprint density at radius 3 is 2.65 bits per heavy atom. The molecule has 37 heavy (non-hydrogen) atoms. The molecule has 1 aliphatic heterocycles. The molecule has 3 N–H and O–H groups in total. The Labute approximate surface area is 222 Å². The van der Waals surface area contributed by atoms with Gasteiger partial charge in [-0.3, -0.25) is 0 Å². The number of esters is 1. The van der Waals surface area contributed by atoms with Crippen LogP contribution in [0, 0.1) is 40.9 Å². The van der Waals surface area contributed by atoms with E-state index >= 15 is 0 Å². The van der Waals surface area contributed by atoms with E-state index in [1.165, 1.54) is 5.57 Å². The van der Waals surface area contributed by atoms with E-state index in [-0.39, 0.29) is 41.3 Å². The number of aliphatic hydroxyl groups is 2. The van der Waals surface area contributed by atoms with Crippen LogP contribution >= 0.6 is 0 Å². The molecule has 7 nitrogen and oxygen atoms in total. The summed E-state index contributed by atoms with van der Waals surface area (Å²) in [5.74, 6) is -0.438. The van der Waals surface area contributed by atoms with E-state index in [0.717, 1.165) is 32.1 Å². The number of ether oxygens (including phenoxy) is 2. The molecule has 1 heterocycles. The number of hydrogen-bond acceptors (Lipinski definition) is 6. The summed E-state index contributed by atoms with van der Waals surface area (Å²) < 4.78 is 11.5. The van der Waals surface area contributed by atoms with E-state index in [1.807, 2.05) is 0 Å². The van der Waals surface area contributed by atoms with Gasteiger partial charge in [0, 0.05) is 18.4 Å². The summed E-state index contributed by atoms with van der Waals surface area (Å²) >= 11 is 0. The molecule has 0 aromatic heterocycles. The van der Waals surface area contributed by atoms with Crippen LogP contribution in [0.3, 0.4) is 0 Å². The van der Waals surface area contributed by atoms with E-state index in [2.05, 4.69) is 52.6 Å². The Hall–Kier alpha value is -1.86. The Morgan fingerprint density at radius 2 is 2.00 bits per heavy atom. The molecule has 0 radical (unpaired) electrons. The third kappa shape index (κ3) is 4.75. The molecule has 2 saturated carbocycles. The van der Waals surface area contributed by atoms with Gasteiger partial charge in [0.2, 0.25) is 0 Å². The quantitative estimate of drug-likeness (QED) is 0.276. The van der Waals surface area contributed by atoms with Gasteiger partial charge in [-0.1, -0.05) is 52.3 Å². The monoisotopic (exact) mass is 517 g/mol. The number of unbranched alkanes of at least 4 members (excludes halogenated alkanes) is 1. The zero-order valence-corrected chi connectivity index (χ0v) is 23.5. The van der Waals surface area contributed by atoms with E-state index in [1.54, 1.807) is 6.92 Å². The average molecular weight is 518 g/mol. The minimum Gasteiger partial charge on any atom is -0.460 e. The molecule has 10 unspecified atom stereocenters. The van der Waals surface area contributed by atoms with Gasteiger partial charge < -0.3 is 25.0 Å². The lowest BCUT2D eigenvalue weighted by Crippen LogP contribution is -2.63. The molecule has 3 fully saturated rings. The lowest BCUT2D eigenvalue weighted by atomic mass is 9.53. The molecule has 1 amide bonds. The van der Waals surface area contributed by atoms with Crippen molar-refractivity contribution in [1.82, 2.24) is 5.32 Å². The van der Waals surface area contributed by atoms with Crippen LogP contribution in [-0.4, -0.2) is 52.7 Å². The minimum atomic E-state index is -1.73. The fourth-order valence-electron chi connectivity index (χ4n) is 8.27. The first kappa shape index (κ1) is 28.2. The predicted molar refractivity (Wildman–Crippen MR) is 141 cm³/mol. The molecule has 4 rings (SSSR count). The molecule has 4 aliphatic rings. The maximum Gasteiger partial charge on any atom is 0.407 e. The van der Waals surface area contributed by atoms with Crippen LogP contribution in [0.5, 0.6) is 0 Å². The highest BCUT2D eigenvalue weighted by Crippen LogP contribution is 2.63. The fourth-order valence-corrected chi connectivity index (χ4v) is 8.27. The number of hydrogen-bond donors (Lipinski definition) is 3. The summed E-state index contributed by atoms with van der Waals surface area (Å²) in [5.41, 5.74) is 0.0497. The SMILES string of the molecule is C=C1C2CC3C(C(C)C)C(OC(=O)NCCCC)CC3(C)CC2/C(C)=C\CC2C(C)OC(=O)C(O)C12O. The van der Waals surface area contributed by atoms with Crippen LogP contribution in [0.25, 0.3) is 0 Å². The molecule has 7 heteroatoms. The van der Waals surface area contributed by atoms with E-state index in [4.69, 9.17) is 9.47 Å². The number of rotatable bonds is 5. The molecule has 208 valence electrons. The number of alkyl carbamates (subject to hydrolysis) is 1. The van der Waals surface area contributed by atoms with Crippen molar-refractivity contribution in [2.75, 3.05) is 6.54 Å². The van der Waals surface area contributed by atoms with Crippen LogP contribution in [0.15, 0.2) is 23.8 Å². The molecule has 3 aliphatic carbocycles. The Morgan fingerprint density at radius 1 is 1.30 bits per heavy atom. The average Bonchev–Trinajstić information content (AvgIpc) is 3.11. The summed E-state index contributed by atoms with van der Waals surface area (Å²) in [5, 5.41) is 25.8. The van der Waals surface area contributed by atoms with Crippen LogP contribution in [0.1, 0.15) is 80.1 Å². The molecule has 0 bridgehead atoms. The molecule has 1 saturated heterocycles. The summed E-state index contributed by atoms with van der Waals surface area (Å²) in [4.78, 5) is 25.1. The third-order valence-electron chi connectivity index (χ3n) is 10.3. The first-order valence-corrected chi connectivity index (χ1v) is 14.3. The number of fused-ring (bicyclic) bond motifs is 3. The number of amides is 1. The van der Waals surface area contributed by atoms with Crippen molar-refractivity contribution < 1.29 is 29.3 Å². The van der Waals surface area contributed by atoms with Gasteiger partial charge in [0.15, 0.2) is 6.10 Å². The minimum absolute atomic E-state index is 0.0293. The lowest BCUT2D eigenvalue weighted by Gasteiger charge is -2.54. The summed E-state index contributed by atoms with van der Waals surface area (Å²) in [6.07, 6.45) is 4.40. The van der Waals surface area contributed by atoms with E-state index < -0.39 is 29.7 Å². The van der Waals surface area contributed by atoms with Crippen molar-refractivity contribution in [1.29, 1.82) is 0 Å². The molecule has 0 aromatic rings. The smallest absolute Gasteiger partial charge is 0.407 e. The third-order valence-corrected chi connectivity index (χ3v) is 10.3. The second kappa shape index (κ2) is 10.4. The first-order chi connectivity index (χ1) is 17.3. The van der Waals surface area contributed by atoms with Crippen LogP contribution in [-0.2, 0) is 14.3 Å². The van der Waals surface area contributed by atoms with Crippen molar-refractivity contribution in [3.8, 4) is 0 Å². The number of cyclic esters (lactones) is 1. The number of carbonyl (C=O) groups excluding carboxylic acids is 2. The van der Waals surface area contributed by atoms with Gasteiger partial charge in [0.25, 0.3) is 0 Å². The number of carbonyl (C=O) groups is 2. The predicted octanol–water partition coefficient (Wildman–Crippen LogP) is 4.77. The second-order valence-corrected chi connectivity index (χ2v) is 12.8. The molecular formula is C30H47NO6. The van der Waals surface area contributed by atoms with Gasteiger partial charge in [-0.05, 0) is 80.6 Å². The van der Waals surface area contributed by atoms with Crippen LogP contribution < -0.4 is 5.32 Å². The van der Waals surface area contributed by atoms with Crippen molar-refractivity contribution >= 4 is 12.1 Å². The molecule has 10 atom stereocenters. The van der Waals surface area contributed by atoms with Crippen molar-refractivity contribution in [3.05, 3.63) is 23.8 Å².